The fourth-order valence-corrected chi connectivity index (χ4v) is 5.10. The SMILES string of the molecule is O=C(CNc1ccc(Cl)c(C(=O)NC2CCCCC2)c1)Nc1cccc(C(=O)N2CCCCCC2)c1. The average molecular weight is 511 g/mol. The molecule has 1 saturated carbocycles. The van der Waals surface area contributed by atoms with E-state index >= 15 is 0 Å². The van der Waals surface area contributed by atoms with E-state index in [1.165, 1.54) is 6.42 Å². The number of hydrogen-bond acceptors (Lipinski definition) is 4. The zero-order valence-electron chi connectivity index (χ0n) is 20.7. The molecule has 7 nitrogen and oxygen atoms in total. The number of benzene rings is 2. The number of nitrogens with zero attached hydrogens (tertiary/aromatic N) is 1. The van der Waals surface area contributed by atoms with Gasteiger partial charge in [0.15, 0.2) is 0 Å². The second-order valence-corrected chi connectivity index (χ2v) is 10.1. The van der Waals surface area contributed by atoms with Crippen molar-refractivity contribution in [1.29, 1.82) is 0 Å². The Hall–Kier alpha value is -3.06. The van der Waals surface area contributed by atoms with Crippen molar-refractivity contribution in [2.75, 3.05) is 30.3 Å². The highest BCUT2D eigenvalue weighted by Crippen LogP contribution is 2.23. The molecular weight excluding hydrogens is 476 g/mol. The molecule has 4 rings (SSSR count). The van der Waals surface area contributed by atoms with Crippen molar-refractivity contribution in [1.82, 2.24) is 10.2 Å². The van der Waals surface area contributed by atoms with Crippen LogP contribution in [0.1, 0.15) is 78.5 Å². The van der Waals surface area contributed by atoms with E-state index in [1.807, 2.05) is 4.90 Å². The van der Waals surface area contributed by atoms with Crippen molar-refractivity contribution < 1.29 is 14.4 Å². The van der Waals surface area contributed by atoms with Crippen LogP contribution < -0.4 is 16.0 Å². The Bertz CT molecular complexity index is 1080. The minimum absolute atomic E-state index is 0.00585. The van der Waals surface area contributed by atoms with Crippen LogP contribution in [0.5, 0.6) is 0 Å². The molecule has 0 radical (unpaired) electrons. The number of amides is 3. The molecule has 2 aromatic carbocycles. The van der Waals surface area contributed by atoms with Gasteiger partial charge in [0.2, 0.25) is 5.91 Å². The molecular formula is C28H35ClN4O3. The van der Waals surface area contributed by atoms with Gasteiger partial charge >= 0.3 is 0 Å². The Balaban J connectivity index is 1.32. The first-order chi connectivity index (χ1) is 17.5. The minimum atomic E-state index is -0.252. The van der Waals surface area contributed by atoms with Gasteiger partial charge < -0.3 is 20.9 Å². The highest BCUT2D eigenvalue weighted by molar-refractivity contribution is 6.34. The van der Waals surface area contributed by atoms with Crippen molar-refractivity contribution in [3.05, 3.63) is 58.6 Å². The van der Waals surface area contributed by atoms with Gasteiger partial charge in [-0.2, -0.15) is 0 Å². The summed E-state index contributed by atoms with van der Waals surface area (Å²) < 4.78 is 0. The lowest BCUT2D eigenvalue weighted by Gasteiger charge is -2.23. The summed E-state index contributed by atoms with van der Waals surface area (Å²) in [6, 6.07) is 12.3. The molecule has 36 heavy (non-hydrogen) atoms. The second kappa shape index (κ2) is 12.8. The van der Waals surface area contributed by atoms with Gasteiger partial charge in [-0.15, -0.1) is 0 Å². The molecule has 0 atom stereocenters. The molecule has 0 unspecified atom stereocenters. The Morgan fingerprint density at radius 1 is 0.861 bits per heavy atom. The maximum Gasteiger partial charge on any atom is 0.253 e. The zero-order chi connectivity index (χ0) is 25.3. The molecule has 1 aliphatic heterocycles. The molecule has 1 heterocycles. The Kier molecular flexibility index (Phi) is 9.23. The van der Waals surface area contributed by atoms with Gasteiger partial charge in [-0.3, -0.25) is 14.4 Å². The molecule has 1 saturated heterocycles. The first-order valence-electron chi connectivity index (χ1n) is 13.0. The number of hydrogen-bond donors (Lipinski definition) is 3. The van der Waals surface area contributed by atoms with E-state index in [0.717, 1.165) is 64.5 Å². The molecule has 2 aromatic rings. The van der Waals surface area contributed by atoms with Crippen LogP contribution in [-0.4, -0.2) is 48.3 Å². The van der Waals surface area contributed by atoms with Crippen molar-refractivity contribution in [2.45, 2.75) is 63.8 Å². The first kappa shape index (κ1) is 26.0. The van der Waals surface area contributed by atoms with E-state index in [9.17, 15) is 14.4 Å². The standard InChI is InChI=1S/C28H35ClN4O3/c29-25-14-13-22(18-24(25)27(35)32-21-10-4-3-5-11-21)30-19-26(34)31-23-12-8-9-20(17-23)28(36)33-15-6-1-2-7-16-33/h8-9,12-14,17-18,21,30H,1-7,10-11,15-16,19H2,(H,31,34)(H,32,35). The quantitative estimate of drug-likeness (QED) is 0.460. The van der Waals surface area contributed by atoms with Crippen LogP contribution >= 0.6 is 11.6 Å². The van der Waals surface area contributed by atoms with E-state index in [0.29, 0.717) is 27.5 Å². The largest absolute Gasteiger partial charge is 0.376 e. The molecule has 2 fully saturated rings. The van der Waals surface area contributed by atoms with Gasteiger partial charge in [-0.25, -0.2) is 0 Å². The molecule has 192 valence electrons. The number of rotatable bonds is 7. The van der Waals surface area contributed by atoms with Crippen LogP contribution in [0, 0.1) is 0 Å². The fourth-order valence-electron chi connectivity index (χ4n) is 4.89. The van der Waals surface area contributed by atoms with Gasteiger partial charge in [-0.1, -0.05) is 49.8 Å². The minimum Gasteiger partial charge on any atom is -0.376 e. The predicted molar refractivity (Wildman–Crippen MR) is 144 cm³/mol. The van der Waals surface area contributed by atoms with E-state index < -0.39 is 0 Å². The van der Waals surface area contributed by atoms with E-state index in [-0.39, 0.29) is 30.3 Å². The second-order valence-electron chi connectivity index (χ2n) is 9.69. The predicted octanol–water partition coefficient (Wildman–Crippen LogP) is 5.47. The lowest BCUT2D eigenvalue weighted by Crippen LogP contribution is -2.36. The normalized spacial score (nSPS) is 16.6. The third kappa shape index (κ3) is 7.23. The third-order valence-corrected chi connectivity index (χ3v) is 7.22. The average Bonchev–Trinajstić information content (AvgIpc) is 3.18. The number of likely N-dealkylation sites (tertiary alicyclic amines) is 1. The molecule has 3 amide bonds. The van der Waals surface area contributed by atoms with Crippen LogP contribution in [-0.2, 0) is 4.79 Å². The van der Waals surface area contributed by atoms with Crippen LogP contribution in [0.3, 0.4) is 0 Å². The van der Waals surface area contributed by atoms with Crippen molar-refractivity contribution in [3.63, 3.8) is 0 Å². The van der Waals surface area contributed by atoms with Crippen LogP contribution in [0.25, 0.3) is 0 Å². The summed E-state index contributed by atoms with van der Waals surface area (Å²) in [7, 11) is 0. The maximum absolute atomic E-state index is 12.9. The third-order valence-electron chi connectivity index (χ3n) is 6.89. The molecule has 0 spiro atoms. The molecule has 0 aromatic heterocycles. The van der Waals surface area contributed by atoms with Gasteiger partial charge in [0.1, 0.15) is 0 Å². The zero-order valence-corrected chi connectivity index (χ0v) is 21.4. The summed E-state index contributed by atoms with van der Waals surface area (Å²) in [4.78, 5) is 40.1. The van der Waals surface area contributed by atoms with E-state index in [4.69, 9.17) is 11.6 Å². The fraction of sp³-hybridized carbons (Fsp3) is 0.464. The Morgan fingerprint density at radius 3 is 2.33 bits per heavy atom. The molecule has 8 heteroatoms. The lowest BCUT2D eigenvalue weighted by molar-refractivity contribution is -0.114. The van der Waals surface area contributed by atoms with Gasteiger partial charge in [0.05, 0.1) is 17.1 Å². The summed E-state index contributed by atoms with van der Waals surface area (Å²) in [5, 5.41) is 9.37. The molecule has 0 bridgehead atoms. The monoisotopic (exact) mass is 510 g/mol. The summed E-state index contributed by atoms with van der Waals surface area (Å²) >= 11 is 6.29. The summed E-state index contributed by atoms with van der Waals surface area (Å²) in [5.41, 5.74) is 2.18. The maximum atomic E-state index is 12.9. The van der Waals surface area contributed by atoms with Crippen molar-refractivity contribution in [2.24, 2.45) is 0 Å². The molecule has 1 aliphatic carbocycles. The number of anilines is 2. The summed E-state index contributed by atoms with van der Waals surface area (Å²) in [5.74, 6) is -0.435. The van der Waals surface area contributed by atoms with E-state index in [2.05, 4.69) is 16.0 Å². The number of nitrogens with one attached hydrogen (secondary N) is 3. The van der Waals surface area contributed by atoms with Crippen LogP contribution in [0.4, 0.5) is 11.4 Å². The Morgan fingerprint density at radius 2 is 1.58 bits per heavy atom. The van der Waals surface area contributed by atoms with Crippen molar-refractivity contribution >= 4 is 40.7 Å². The molecule has 2 aliphatic rings. The first-order valence-corrected chi connectivity index (χ1v) is 13.4. The number of halogens is 1. The Labute approximate surface area is 218 Å². The van der Waals surface area contributed by atoms with E-state index in [1.54, 1.807) is 42.5 Å². The topological polar surface area (TPSA) is 90.5 Å². The number of carbonyl (C=O) groups is 3. The highest BCUT2D eigenvalue weighted by Gasteiger charge is 2.20. The number of carbonyl (C=O) groups excluding carboxylic acids is 3. The molecule has 3 N–H and O–H groups in total. The highest BCUT2D eigenvalue weighted by atomic mass is 35.5. The summed E-state index contributed by atoms with van der Waals surface area (Å²) in [6.07, 6.45) is 9.84. The lowest BCUT2D eigenvalue weighted by atomic mass is 9.95. The van der Waals surface area contributed by atoms with Gasteiger partial charge in [0, 0.05) is 36.1 Å². The van der Waals surface area contributed by atoms with Crippen LogP contribution in [0.2, 0.25) is 5.02 Å². The van der Waals surface area contributed by atoms with Gasteiger partial charge in [0.25, 0.3) is 11.8 Å². The summed E-state index contributed by atoms with van der Waals surface area (Å²) in [6.45, 7) is 1.57. The van der Waals surface area contributed by atoms with Crippen LogP contribution in [0.15, 0.2) is 42.5 Å². The van der Waals surface area contributed by atoms with Gasteiger partial charge in [-0.05, 0) is 62.1 Å². The smallest absolute Gasteiger partial charge is 0.253 e. The van der Waals surface area contributed by atoms with Crippen molar-refractivity contribution in [3.8, 4) is 0 Å².